The number of amides is 1. The van der Waals surface area contributed by atoms with Crippen molar-refractivity contribution in [2.45, 2.75) is 84.5 Å². The number of phenolic OH excluding ortho intramolecular Hbond substituents is 1. The Labute approximate surface area is 174 Å². The number of aromatic hydroxyl groups is 1. The average Bonchev–Trinajstić information content (AvgIpc) is 2.64. The van der Waals surface area contributed by atoms with Crippen LogP contribution in [0.2, 0.25) is 0 Å². The molecule has 168 valence electrons. The fraction of sp³-hybridized carbons (Fsp3) is 0.650. The molecule has 8 nitrogen and oxygen atoms in total. The SMILES string of the molecule is CCCCCCCCCCCCc1cc(C)c(O)c(C(=O)NN)c1.O=S(=O)(O)O. The van der Waals surface area contributed by atoms with Crippen LogP contribution in [0.25, 0.3) is 0 Å². The third-order valence-corrected chi connectivity index (χ3v) is 4.56. The minimum Gasteiger partial charge on any atom is -0.507 e. The van der Waals surface area contributed by atoms with Crippen LogP contribution in [0.3, 0.4) is 0 Å². The highest BCUT2D eigenvalue weighted by Gasteiger charge is 2.13. The Bertz CT molecular complexity index is 699. The Morgan fingerprint density at radius 3 is 1.86 bits per heavy atom. The highest BCUT2D eigenvalue weighted by molar-refractivity contribution is 7.79. The van der Waals surface area contributed by atoms with E-state index in [1.165, 1.54) is 57.8 Å². The number of nitrogens with one attached hydrogen (secondary N) is 1. The Morgan fingerprint density at radius 1 is 0.966 bits per heavy atom. The molecule has 29 heavy (non-hydrogen) atoms. The fourth-order valence-electron chi connectivity index (χ4n) is 3.07. The Kier molecular flexibility index (Phi) is 14.3. The number of aryl methyl sites for hydroxylation is 2. The second kappa shape index (κ2) is 15.2. The summed E-state index contributed by atoms with van der Waals surface area (Å²) >= 11 is 0. The molecule has 0 spiro atoms. The van der Waals surface area contributed by atoms with Gasteiger partial charge in [-0.2, -0.15) is 8.42 Å². The summed E-state index contributed by atoms with van der Waals surface area (Å²) in [5, 5.41) is 9.95. The van der Waals surface area contributed by atoms with Crippen LogP contribution in [0.15, 0.2) is 12.1 Å². The van der Waals surface area contributed by atoms with E-state index < -0.39 is 16.3 Å². The highest BCUT2D eigenvalue weighted by atomic mass is 32.3. The molecular formula is C20H36N2O6S. The first kappa shape index (κ1) is 27.3. The minimum atomic E-state index is -4.67. The number of hydrogen-bond acceptors (Lipinski definition) is 5. The van der Waals surface area contributed by atoms with Gasteiger partial charge >= 0.3 is 10.4 Å². The first-order valence-corrected chi connectivity index (χ1v) is 11.5. The van der Waals surface area contributed by atoms with Crippen molar-refractivity contribution in [1.82, 2.24) is 5.43 Å². The zero-order chi connectivity index (χ0) is 22.3. The van der Waals surface area contributed by atoms with Crippen molar-refractivity contribution in [2.24, 2.45) is 5.84 Å². The van der Waals surface area contributed by atoms with Crippen LogP contribution in [-0.4, -0.2) is 28.5 Å². The van der Waals surface area contributed by atoms with E-state index in [2.05, 4.69) is 12.3 Å². The topological polar surface area (TPSA) is 150 Å². The molecule has 1 amide bonds. The second-order valence-corrected chi connectivity index (χ2v) is 8.06. The lowest BCUT2D eigenvalue weighted by Gasteiger charge is -2.10. The van der Waals surface area contributed by atoms with E-state index in [1.807, 2.05) is 13.0 Å². The first-order valence-electron chi connectivity index (χ1n) is 10.1. The lowest BCUT2D eigenvalue weighted by atomic mass is 9.99. The van der Waals surface area contributed by atoms with Crippen LogP contribution < -0.4 is 11.3 Å². The number of benzene rings is 1. The molecule has 6 N–H and O–H groups in total. The molecule has 0 aliphatic carbocycles. The summed E-state index contributed by atoms with van der Waals surface area (Å²) in [5.74, 6) is 4.74. The molecule has 0 unspecified atom stereocenters. The largest absolute Gasteiger partial charge is 0.507 e. The maximum atomic E-state index is 11.7. The summed E-state index contributed by atoms with van der Waals surface area (Å²) in [6, 6.07) is 3.70. The maximum absolute atomic E-state index is 11.7. The number of unbranched alkanes of at least 4 members (excludes halogenated alkanes) is 9. The Balaban J connectivity index is 0.00000139. The van der Waals surface area contributed by atoms with Crippen LogP contribution in [0.1, 0.15) is 92.6 Å². The Morgan fingerprint density at radius 2 is 1.41 bits per heavy atom. The molecule has 0 bridgehead atoms. The number of nitrogens with two attached hydrogens (primary N) is 1. The van der Waals surface area contributed by atoms with Crippen molar-refractivity contribution < 1.29 is 27.4 Å². The zero-order valence-electron chi connectivity index (χ0n) is 17.5. The molecule has 1 rings (SSSR count). The molecule has 0 atom stereocenters. The highest BCUT2D eigenvalue weighted by Crippen LogP contribution is 2.25. The van der Waals surface area contributed by atoms with E-state index in [-0.39, 0.29) is 11.3 Å². The molecule has 0 aliphatic heterocycles. The number of phenols is 1. The van der Waals surface area contributed by atoms with E-state index >= 15 is 0 Å². The second-order valence-electron chi connectivity index (χ2n) is 7.16. The molecule has 0 radical (unpaired) electrons. The molecule has 0 saturated carbocycles. The normalized spacial score (nSPS) is 10.9. The summed E-state index contributed by atoms with van der Waals surface area (Å²) in [7, 11) is -4.67. The number of rotatable bonds is 12. The van der Waals surface area contributed by atoms with E-state index in [0.717, 1.165) is 24.0 Å². The van der Waals surface area contributed by atoms with Crippen LogP contribution in [0.5, 0.6) is 5.75 Å². The molecule has 1 aromatic carbocycles. The van der Waals surface area contributed by atoms with Crippen molar-refractivity contribution >= 4 is 16.3 Å². The number of carbonyl (C=O) groups excluding carboxylic acids is 1. The van der Waals surface area contributed by atoms with Crippen molar-refractivity contribution in [3.05, 3.63) is 28.8 Å². The molecule has 1 aromatic rings. The van der Waals surface area contributed by atoms with Crippen LogP contribution in [0.4, 0.5) is 0 Å². The van der Waals surface area contributed by atoms with Crippen molar-refractivity contribution in [3.63, 3.8) is 0 Å². The lowest BCUT2D eigenvalue weighted by Crippen LogP contribution is -2.30. The zero-order valence-corrected chi connectivity index (χ0v) is 18.3. The molecule has 0 heterocycles. The molecule has 0 fully saturated rings. The van der Waals surface area contributed by atoms with Crippen molar-refractivity contribution in [1.29, 1.82) is 0 Å². The van der Waals surface area contributed by atoms with E-state index in [9.17, 15) is 9.90 Å². The van der Waals surface area contributed by atoms with Gasteiger partial charge in [-0.05, 0) is 37.0 Å². The summed E-state index contributed by atoms with van der Waals surface area (Å²) in [5.41, 5.74) is 4.16. The van der Waals surface area contributed by atoms with Crippen LogP contribution in [-0.2, 0) is 16.8 Å². The van der Waals surface area contributed by atoms with Gasteiger partial charge in [0.2, 0.25) is 0 Å². The lowest BCUT2D eigenvalue weighted by molar-refractivity contribution is 0.0950. The number of hydrazine groups is 1. The van der Waals surface area contributed by atoms with Gasteiger partial charge in [0, 0.05) is 0 Å². The Hall–Kier alpha value is -1.68. The smallest absolute Gasteiger partial charge is 0.394 e. The van der Waals surface area contributed by atoms with Gasteiger partial charge in [0.15, 0.2) is 0 Å². The van der Waals surface area contributed by atoms with Gasteiger partial charge in [-0.25, -0.2) is 5.84 Å². The molecule has 0 aliphatic rings. The van der Waals surface area contributed by atoms with E-state index in [1.54, 1.807) is 6.07 Å². The van der Waals surface area contributed by atoms with Gasteiger partial charge in [0.25, 0.3) is 5.91 Å². The van der Waals surface area contributed by atoms with Crippen molar-refractivity contribution in [3.8, 4) is 5.75 Å². The van der Waals surface area contributed by atoms with Gasteiger partial charge in [-0.3, -0.25) is 19.3 Å². The van der Waals surface area contributed by atoms with Crippen LogP contribution >= 0.6 is 0 Å². The van der Waals surface area contributed by atoms with Gasteiger partial charge in [0.1, 0.15) is 5.75 Å². The number of carbonyl (C=O) groups is 1. The van der Waals surface area contributed by atoms with Gasteiger partial charge < -0.3 is 5.11 Å². The molecule has 0 aromatic heterocycles. The van der Waals surface area contributed by atoms with Crippen molar-refractivity contribution in [2.75, 3.05) is 0 Å². The third-order valence-electron chi connectivity index (χ3n) is 4.56. The fourth-order valence-corrected chi connectivity index (χ4v) is 3.07. The molecule has 0 saturated heterocycles. The molecular weight excluding hydrogens is 396 g/mol. The predicted molar refractivity (Wildman–Crippen MR) is 114 cm³/mol. The van der Waals surface area contributed by atoms with Gasteiger partial charge in [-0.15, -0.1) is 0 Å². The summed E-state index contributed by atoms with van der Waals surface area (Å²) in [6.07, 6.45) is 14.0. The number of hydrogen-bond donors (Lipinski definition) is 5. The number of nitrogen functional groups attached to an aromatic ring is 1. The molecule has 9 heteroatoms. The summed E-state index contributed by atoms with van der Waals surface area (Å²) in [6.45, 7) is 4.06. The van der Waals surface area contributed by atoms with Gasteiger partial charge in [0.05, 0.1) is 5.56 Å². The maximum Gasteiger partial charge on any atom is 0.394 e. The standard InChI is InChI=1S/C20H34N2O2.H2O4S/c1-3-4-5-6-7-8-9-10-11-12-13-17-14-16(2)19(23)18(15-17)20(24)22-21;1-5(2,3)4/h14-15,23H,3-13,21H2,1-2H3,(H,22,24);(H2,1,2,3,4). The average molecular weight is 433 g/mol. The quantitative estimate of drug-likeness (QED) is 0.110. The minimum absolute atomic E-state index is 0.0183. The monoisotopic (exact) mass is 432 g/mol. The summed E-state index contributed by atoms with van der Waals surface area (Å²) < 4.78 is 31.6. The van der Waals surface area contributed by atoms with E-state index in [4.69, 9.17) is 23.4 Å². The van der Waals surface area contributed by atoms with E-state index in [0.29, 0.717) is 0 Å². The van der Waals surface area contributed by atoms with Gasteiger partial charge in [-0.1, -0.05) is 70.8 Å². The predicted octanol–water partition coefficient (Wildman–Crippen LogP) is 4.11. The first-order chi connectivity index (χ1) is 13.6. The third kappa shape index (κ3) is 14.9. The summed E-state index contributed by atoms with van der Waals surface area (Å²) in [4.78, 5) is 11.7. The van der Waals surface area contributed by atoms with Crippen LogP contribution in [0, 0.1) is 6.92 Å².